The van der Waals surface area contributed by atoms with Gasteiger partial charge in [-0.05, 0) is 37.1 Å². The van der Waals surface area contributed by atoms with Gasteiger partial charge in [0, 0.05) is 19.9 Å². The van der Waals surface area contributed by atoms with Crippen molar-refractivity contribution in [2.75, 3.05) is 17.2 Å². The lowest BCUT2D eigenvalue weighted by molar-refractivity contribution is -0.116. The average Bonchev–Trinajstić information content (AvgIpc) is 2.92. The molecule has 1 aliphatic rings. The number of amides is 4. The Morgan fingerprint density at radius 3 is 2.10 bits per heavy atom. The molecule has 4 amide bonds. The standard InChI is InChI=1S/C21H22N4O4/c1-14(26)22-17-10-7-11-18(23-17)24-19(27)12-3-2-6-13-25-20(28)15-8-4-5-9-16(15)21(25)29/h4-5,7-11H,2-3,6,12-13H2,1H3,(H2,22,23,24,26,27). The number of pyridine rings is 1. The second kappa shape index (κ2) is 9.09. The Labute approximate surface area is 168 Å². The van der Waals surface area contributed by atoms with Crippen molar-refractivity contribution in [1.82, 2.24) is 9.88 Å². The molecule has 2 N–H and O–H groups in total. The molecule has 2 heterocycles. The number of fused-ring (bicyclic) bond motifs is 1. The minimum Gasteiger partial charge on any atom is -0.311 e. The Morgan fingerprint density at radius 1 is 0.862 bits per heavy atom. The van der Waals surface area contributed by atoms with Gasteiger partial charge in [0.05, 0.1) is 11.1 Å². The van der Waals surface area contributed by atoms with E-state index in [0.717, 1.165) is 0 Å². The number of hydrogen-bond donors (Lipinski definition) is 2. The second-order valence-electron chi connectivity index (χ2n) is 6.76. The molecule has 0 fully saturated rings. The van der Waals surface area contributed by atoms with Gasteiger partial charge >= 0.3 is 0 Å². The van der Waals surface area contributed by atoms with Gasteiger partial charge in [-0.3, -0.25) is 24.1 Å². The molecule has 0 saturated carbocycles. The minimum atomic E-state index is -0.256. The Balaban J connectivity index is 1.39. The molecule has 2 aromatic rings. The summed E-state index contributed by atoms with van der Waals surface area (Å²) in [4.78, 5) is 53.1. The largest absolute Gasteiger partial charge is 0.311 e. The fourth-order valence-electron chi connectivity index (χ4n) is 3.13. The van der Waals surface area contributed by atoms with Crippen molar-refractivity contribution < 1.29 is 19.2 Å². The predicted octanol–water partition coefficient (Wildman–Crippen LogP) is 2.84. The Bertz CT molecular complexity index is 922. The third-order valence-electron chi connectivity index (χ3n) is 4.48. The van der Waals surface area contributed by atoms with Crippen LogP contribution in [0, 0.1) is 0 Å². The number of carbonyl (C=O) groups excluding carboxylic acids is 4. The lowest BCUT2D eigenvalue weighted by Crippen LogP contribution is -2.30. The van der Waals surface area contributed by atoms with Gasteiger partial charge in [-0.2, -0.15) is 0 Å². The van der Waals surface area contributed by atoms with E-state index >= 15 is 0 Å². The number of imide groups is 1. The van der Waals surface area contributed by atoms with Crippen molar-refractivity contribution >= 4 is 35.3 Å². The lowest BCUT2D eigenvalue weighted by Gasteiger charge is -2.13. The van der Waals surface area contributed by atoms with Crippen LogP contribution in [0.1, 0.15) is 53.3 Å². The van der Waals surface area contributed by atoms with Crippen LogP contribution in [0.4, 0.5) is 11.6 Å². The Kier molecular flexibility index (Phi) is 6.33. The summed E-state index contributed by atoms with van der Waals surface area (Å²) in [6.45, 7) is 1.73. The fourth-order valence-corrected chi connectivity index (χ4v) is 3.13. The average molecular weight is 394 g/mol. The first kappa shape index (κ1) is 20.2. The highest BCUT2D eigenvalue weighted by Crippen LogP contribution is 2.22. The lowest BCUT2D eigenvalue weighted by atomic mass is 10.1. The molecule has 0 saturated heterocycles. The van der Waals surface area contributed by atoms with E-state index in [-0.39, 0.29) is 23.6 Å². The summed E-state index contributed by atoms with van der Waals surface area (Å²) >= 11 is 0. The van der Waals surface area contributed by atoms with Gasteiger partial charge in [-0.1, -0.05) is 24.6 Å². The van der Waals surface area contributed by atoms with E-state index < -0.39 is 0 Å². The van der Waals surface area contributed by atoms with Crippen LogP contribution in [0.3, 0.4) is 0 Å². The number of nitrogens with zero attached hydrogens (tertiary/aromatic N) is 2. The fraction of sp³-hybridized carbons (Fsp3) is 0.286. The monoisotopic (exact) mass is 394 g/mol. The zero-order chi connectivity index (χ0) is 20.8. The molecule has 150 valence electrons. The molecular weight excluding hydrogens is 372 g/mol. The van der Waals surface area contributed by atoms with Gasteiger partial charge in [0.2, 0.25) is 11.8 Å². The molecule has 0 atom stereocenters. The molecule has 8 nitrogen and oxygen atoms in total. The molecule has 1 aromatic heterocycles. The highest BCUT2D eigenvalue weighted by Gasteiger charge is 2.34. The summed E-state index contributed by atoms with van der Waals surface area (Å²) in [5, 5.41) is 5.25. The first-order chi connectivity index (χ1) is 14.0. The van der Waals surface area contributed by atoms with Crippen LogP contribution < -0.4 is 10.6 Å². The molecule has 0 aliphatic carbocycles. The molecule has 8 heteroatoms. The summed E-state index contributed by atoms with van der Waals surface area (Å²) in [5.74, 6) is -0.192. The van der Waals surface area contributed by atoms with E-state index in [9.17, 15) is 19.2 Å². The summed E-state index contributed by atoms with van der Waals surface area (Å²) in [5.41, 5.74) is 0.900. The highest BCUT2D eigenvalue weighted by molar-refractivity contribution is 6.21. The number of nitrogens with one attached hydrogen (secondary N) is 2. The zero-order valence-corrected chi connectivity index (χ0v) is 16.1. The van der Waals surface area contributed by atoms with E-state index in [2.05, 4.69) is 15.6 Å². The van der Waals surface area contributed by atoms with Crippen LogP contribution >= 0.6 is 0 Å². The number of anilines is 2. The quantitative estimate of drug-likeness (QED) is 0.529. The van der Waals surface area contributed by atoms with Gasteiger partial charge in [-0.25, -0.2) is 4.98 Å². The summed E-state index contributed by atoms with van der Waals surface area (Å²) in [6.07, 6.45) is 2.27. The van der Waals surface area contributed by atoms with E-state index in [1.165, 1.54) is 11.8 Å². The number of aromatic nitrogens is 1. The zero-order valence-electron chi connectivity index (χ0n) is 16.1. The molecule has 29 heavy (non-hydrogen) atoms. The molecule has 0 radical (unpaired) electrons. The number of benzene rings is 1. The summed E-state index contributed by atoms with van der Waals surface area (Å²) in [7, 11) is 0. The maximum absolute atomic E-state index is 12.3. The summed E-state index contributed by atoms with van der Waals surface area (Å²) in [6, 6.07) is 11.8. The number of unbranched alkanes of at least 4 members (excludes halogenated alkanes) is 2. The molecule has 3 rings (SSSR count). The third-order valence-corrected chi connectivity index (χ3v) is 4.48. The number of carbonyl (C=O) groups is 4. The van der Waals surface area contributed by atoms with Gasteiger partial charge in [0.25, 0.3) is 11.8 Å². The normalized spacial score (nSPS) is 12.7. The van der Waals surface area contributed by atoms with Crippen molar-refractivity contribution in [2.24, 2.45) is 0 Å². The molecule has 1 aromatic carbocycles. The van der Waals surface area contributed by atoms with Crippen LogP contribution in [0.25, 0.3) is 0 Å². The van der Waals surface area contributed by atoms with Crippen LogP contribution in [-0.4, -0.2) is 40.1 Å². The Morgan fingerprint density at radius 2 is 1.48 bits per heavy atom. The van der Waals surface area contributed by atoms with Crippen molar-refractivity contribution in [3.05, 3.63) is 53.6 Å². The first-order valence-corrected chi connectivity index (χ1v) is 9.45. The topological polar surface area (TPSA) is 108 Å². The SMILES string of the molecule is CC(=O)Nc1cccc(NC(=O)CCCCCN2C(=O)c3ccccc3C2=O)n1. The van der Waals surface area contributed by atoms with Gasteiger partial charge in [0.15, 0.2) is 0 Å². The Hall–Kier alpha value is -3.55. The van der Waals surface area contributed by atoms with Gasteiger partial charge < -0.3 is 10.6 Å². The van der Waals surface area contributed by atoms with E-state index in [1.807, 2.05) is 0 Å². The van der Waals surface area contributed by atoms with Crippen molar-refractivity contribution in [3.63, 3.8) is 0 Å². The minimum absolute atomic E-state index is 0.182. The number of rotatable bonds is 8. The predicted molar refractivity (Wildman–Crippen MR) is 107 cm³/mol. The second-order valence-corrected chi connectivity index (χ2v) is 6.76. The maximum Gasteiger partial charge on any atom is 0.261 e. The third kappa shape index (κ3) is 5.04. The smallest absolute Gasteiger partial charge is 0.261 e. The van der Waals surface area contributed by atoms with E-state index in [1.54, 1.807) is 42.5 Å². The first-order valence-electron chi connectivity index (χ1n) is 9.45. The molecule has 0 spiro atoms. The van der Waals surface area contributed by atoms with Crippen LogP contribution in [0.15, 0.2) is 42.5 Å². The van der Waals surface area contributed by atoms with Crippen molar-refractivity contribution in [1.29, 1.82) is 0 Å². The number of hydrogen-bond acceptors (Lipinski definition) is 5. The summed E-state index contributed by atoms with van der Waals surface area (Å²) < 4.78 is 0. The van der Waals surface area contributed by atoms with E-state index in [0.29, 0.717) is 55.0 Å². The van der Waals surface area contributed by atoms with Crippen LogP contribution in [-0.2, 0) is 9.59 Å². The maximum atomic E-state index is 12.3. The molecule has 0 bridgehead atoms. The molecule has 1 aliphatic heterocycles. The van der Waals surface area contributed by atoms with Crippen LogP contribution in [0.5, 0.6) is 0 Å². The molecule has 0 unspecified atom stereocenters. The highest BCUT2D eigenvalue weighted by atomic mass is 16.2. The van der Waals surface area contributed by atoms with Gasteiger partial charge in [-0.15, -0.1) is 0 Å². The van der Waals surface area contributed by atoms with Gasteiger partial charge in [0.1, 0.15) is 11.6 Å². The van der Waals surface area contributed by atoms with Crippen LogP contribution in [0.2, 0.25) is 0 Å². The van der Waals surface area contributed by atoms with Crippen molar-refractivity contribution in [2.45, 2.75) is 32.6 Å². The molecular formula is C21H22N4O4. The van der Waals surface area contributed by atoms with Crippen molar-refractivity contribution in [3.8, 4) is 0 Å². The van der Waals surface area contributed by atoms with E-state index in [4.69, 9.17) is 0 Å².